The summed E-state index contributed by atoms with van der Waals surface area (Å²) in [5.41, 5.74) is 3.70. The van der Waals surface area contributed by atoms with Gasteiger partial charge in [-0.3, -0.25) is 9.69 Å². The average molecular weight is 445 g/mol. The third-order valence-electron chi connectivity index (χ3n) is 5.17. The van der Waals surface area contributed by atoms with Crippen LogP contribution in [0.3, 0.4) is 0 Å². The second-order valence-corrected chi connectivity index (χ2v) is 8.52. The van der Waals surface area contributed by atoms with Gasteiger partial charge in [0.1, 0.15) is 5.75 Å². The molecule has 1 saturated heterocycles. The maximum Gasteiger partial charge on any atom is 0.258 e. The number of ether oxygens (including phenoxy) is 1. The molecule has 150 valence electrons. The Balaban J connectivity index is 1.51. The molecule has 0 atom stereocenters. The minimum atomic E-state index is -0.115. The molecule has 1 N–H and O–H groups in total. The van der Waals surface area contributed by atoms with Crippen molar-refractivity contribution in [2.45, 2.75) is 45.7 Å². The number of nitrogens with zero attached hydrogens (tertiary/aromatic N) is 1. The smallest absolute Gasteiger partial charge is 0.258 e. The van der Waals surface area contributed by atoms with E-state index in [1.165, 1.54) is 42.6 Å². The fourth-order valence-electron chi connectivity index (χ4n) is 3.45. The minimum absolute atomic E-state index is 0.00785. The van der Waals surface area contributed by atoms with E-state index < -0.39 is 0 Å². The first-order valence-electron chi connectivity index (χ1n) is 10.0. The zero-order chi connectivity index (χ0) is 19.9. The van der Waals surface area contributed by atoms with Gasteiger partial charge in [0.25, 0.3) is 5.91 Å². The molecule has 0 radical (unpaired) electrons. The first kappa shape index (κ1) is 20.9. The Morgan fingerprint density at radius 1 is 1.14 bits per heavy atom. The van der Waals surface area contributed by atoms with E-state index in [0.717, 1.165) is 11.0 Å². The van der Waals surface area contributed by atoms with E-state index in [-0.39, 0.29) is 12.5 Å². The van der Waals surface area contributed by atoms with Crippen LogP contribution >= 0.6 is 15.9 Å². The summed E-state index contributed by atoms with van der Waals surface area (Å²) < 4.78 is 6.57. The summed E-state index contributed by atoms with van der Waals surface area (Å²) in [4.78, 5) is 14.7. The van der Waals surface area contributed by atoms with Gasteiger partial charge >= 0.3 is 0 Å². The largest absolute Gasteiger partial charge is 0.483 e. The second-order valence-electron chi connectivity index (χ2n) is 7.66. The zero-order valence-electron chi connectivity index (χ0n) is 16.7. The molecule has 3 rings (SSSR count). The lowest BCUT2D eigenvalue weighted by Gasteiger charge is -2.18. The normalized spacial score (nSPS) is 14.4. The van der Waals surface area contributed by atoms with Crippen LogP contribution in [0.15, 0.2) is 46.9 Å². The Kier molecular flexibility index (Phi) is 7.51. The number of hydrogen-bond acceptors (Lipinski definition) is 3. The maximum atomic E-state index is 12.3. The molecule has 1 aliphatic rings. The molecule has 0 aromatic heterocycles. The first-order valence-corrected chi connectivity index (χ1v) is 10.8. The molecular formula is C23H29BrN2O2. The van der Waals surface area contributed by atoms with Crippen LogP contribution in [0.2, 0.25) is 0 Å². The topological polar surface area (TPSA) is 41.6 Å². The number of rotatable bonds is 8. The van der Waals surface area contributed by atoms with E-state index in [9.17, 15) is 4.79 Å². The highest BCUT2D eigenvalue weighted by Gasteiger charge is 2.14. The van der Waals surface area contributed by atoms with Crippen molar-refractivity contribution in [2.24, 2.45) is 0 Å². The summed E-state index contributed by atoms with van der Waals surface area (Å²) in [6.45, 7) is 8.12. The summed E-state index contributed by atoms with van der Waals surface area (Å²) in [5, 5.41) is 2.99. The third kappa shape index (κ3) is 5.82. The molecule has 1 fully saturated rings. The highest BCUT2D eigenvalue weighted by molar-refractivity contribution is 9.10. The van der Waals surface area contributed by atoms with Crippen molar-refractivity contribution in [3.8, 4) is 5.75 Å². The molecule has 0 unspecified atom stereocenters. The van der Waals surface area contributed by atoms with Crippen LogP contribution in [-0.2, 0) is 17.9 Å². The van der Waals surface area contributed by atoms with Crippen molar-refractivity contribution in [1.29, 1.82) is 0 Å². The van der Waals surface area contributed by atoms with Crippen LogP contribution in [0, 0.1) is 0 Å². The molecule has 28 heavy (non-hydrogen) atoms. The summed E-state index contributed by atoms with van der Waals surface area (Å²) in [7, 11) is 0. The number of halogens is 1. The number of benzene rings is 2. The van der Waals surface area contributed by atoms with Gasteiger partial charge in [0, 0.05) is 13.1 Å². The van der Waals surface area contributed by atoms with E-state index in [4.69, 9.17) is 4.74 Å². The highest BCUT2D eigenvalue weighted by atomic mass is 79.9. The molecule has 4 nitrogen and oxygen atoms in total. The maximum absolute atomic E-state index is 12.3. The fourth-order valence-corrected chi connectivity index (χ4v) is 3.96. The summed E-state index contributed by atoms with van der Waals surface area (Å²) in [5.74, 6) is 1.03. The van der Waals surface area contributed by atoms with Crippen molar-refractivity contribution >= 4 is 21.8 Å². The Labute approximate surface area is 176 Å². The predicted octanol–water partition coefficient (Wildman–Crippen LogP) is 4.86. The highest BCUT2D eigenvalue weighted by Crippen LogP contribution is 2.28. The van der Waals surface area contributed by atoms with Crippen LogP contribution in [0.1, 0.15) is 49.3 Å². The van der Waals surface area contributed by atoms with Gasteiger partial charge < -0.3 is 10.1 Å². The quantitative estimate of drug-likeness (QED) is 0.631. The lowest BCUT2D eigenvalue weighted by molar-refractivity contribution is -0.123. The van der Waals surface area contributed by atoms with E-state index in [2.05, 4.69) is 58.2 Å². The van der Waals surface area contributed by atoms with Crippen LogP contribution in [0.25, 0.3) is 0 Å². The third-order valence-corrected chi connectivity index (χ3v) is 5.79. The van der Waals surface area contributed by atoms with Gasteiger partial charge in [0.05, 0.1) is 4.47 Å². The van der Waals surface area contributed by atoms with E-state index in [1.54, 1.807) is 0 Å². The fraction of sp³-hybridized carbons (Fsp3) is 0.435. The van der Waals surface area contributed by atoms with Gasteiger partial charge in [-0.1, -0.05) is 44.2 Å². The minimum Gasteiger partial charge on any atom is -0.483 e. The molecule has 2 aromatic carbocycles. The Morgan fingerprint density at radius 2 is 1.86 bits per heavy atom. The van der Waals surface area contributed by atoms with Gasteiger partial charge in [-0.05, 0) is 76.6 Å². The van der Waals surface area contributed by atoms with Gasteiger partial charge in [-0.15, -0.1) is 0 Å². The number of carbonyl (C=O) groups excluding carboxylic acids is 1. The van der Waals surface area contributed by atoms with E-state index >= 15 is 0 Å². The van der Waals surface area contributed by atoms with Gasteiger partial charge in [0.2, 0.25) is 0 Å². The van der Waals surface area contributed by atoms with Gasteiger partial charge in [0.15, 0.2) is 6.61 Å². The molecule has 1 heterocycles. The van der Waals surface area contributed by atoms with Crippen molar-refractivity contribution in [1.82, 2.24) is 10.2 Å². The van der Waals surface area contributed by atoms with Crippen molar-refractivity contribution in [3.63, 3.8) is 0 Å². The van der Waals surface area contributed by atoms with Crippen LogP contribution in [0.4, 0.5) is 0 Å². The van der Waals surface area contributed by atoms with Crippen LogP contribution in [-0.4, -0.2) is 30.5 Å². The molecule has 0 spiro atoms. The Hall–Kier alpha value is -1.85. The molecule has 5 heteroatoms. The molecule has 0 aliphatic carbocycles. The molecule has 1 aliphatic heterocycles. The first-order chi connectivity index (χ1) is 13.5. The Morgan fingerprint density at radius 3 is 2.54 bits per heavy atom. The summed E-state index contributed by atoms with van der Waals surface area (Å²) in [6, 6.07) is 14.3. The number of carbonyl (C=O) groups is 1. The molecule has 2 aromatic rings. The summed E-state index contributed by atoms with van der Waals surface area (Å²) >= 11 is 3.53. The van der Waals surface area contributed by atoms with Crippen LogP contribution in [0.5, 0.6) is 5.75 Å². The van der Waals surface area contributed by atoms with Gasteiger partial charge in [-0.25, -0.2) is 0 Å². The number of nitrogens with one attached hydrogen (secondary N) is 1. The Bertz CT molecular complexity index is 801. The van der Waals surface area contributed by atoms with E-state index in [0.29, 0.717) is 18.2 Å². The lowest BCUT2D eigenvalue weighted by Crippen LogP contribution is -2.29. The van der Waals surface area contributed by atoms with Gasteiger partial charge in [-0.2, -0.15) is 0 Å². The standard InChI is InChI=1S/C23H29BrN2O2/c1-17(2)18-9-10-22(21(24)13-18)28-16-23(27)25-14-19-7-3-4-8-20(19)15-26-11-5-6-12-26/h3-4,7-10,13,17H,5-6,11-12,14-16H2,1-2H3,(H,25,27). The molecular weight excluding hydrogens is 416 g/mol. The molecule has 1 amide bonds. The molecule has 0 bridgehead atoms. The SMILES string of the molecule is CC(C)c1ccc(OCC(=O)NCc2ccccc2CN2CCCC2)c(Br)c1. The number of amides is 1. The van der Waals surface area contributed by atoms with E-state index in [1.807, 2.05) is 24.3 Å². The summed E-state index contributed by atoms with van der Waals surface area (Å²) in [6.07, 6.45) is 2.56. The average Bonchev–Trinajstić information content (AvgIpc) is 3.19. The number of hydrogen-bond donors (Lipinski definition) is 1. The van der Waals surface area contributed by atoms with Crippen LogP contribution < -0.4 is 10.1 Å². The van der Waals surface area contributed by atoms with Crippen molar-refractivity contribution in [3.05, 3.63) is 63.6 Å². The van der Waals surface area contributed by atoms with Crippen molar-refractivity contribution in [2.75, 3.05) is 19.7 Å². The zero-order valence-corrected chi connectivity index (χ0v) is 18.3. The number of likely N-dealkylation sites (tertiary alicyclic amines) is 1. The monoisotopic (exact) mass is 444 g/mol. The second kappa shape index (κ2) is 10.1. The van der Waals surface area contributed by atoms with Crippen molar-refractivity contribution < 1.29 is 9.53 Å². The predicted molar refractivity (Wildman–Crippen MR) is 117 cm³/mol. The lowest BCUT2D eigenvalue weighted by atomic mass is 10.0. The molecule has 0 saturated carbocycles.